The Morgan fingerprint density at radius 2 is 1.76 bits per heavy atom. The van der Waals surface area contributed by atoms with Crippen LogP contribution >= 0.6 is 0 Å². The molecule has 2 atom stereocenters. The standard InChI is InChI=1S/C17H26O7S/c1-10(2)15(18)24-17-7-11-5-12(8-17)14(13(6-11)9-17)16(19)23-3-4-25(20,21)22/h10-14H,3-9H2,1-2H3,(H,20,21,22). The fourth-order valence-electron chi connectivity index (χ4n) is 5.13. The van der Waals surface area contributed by atoms with Crippen LogP contribution in [0.25, 0.3) is 0 Å². The maximum Gasteiger partial charge on any atom is 0.309 e. The molecular weight excluding hydrogens is 348 g/mol. The summed E-state index contributed by atoms with van der Waals surface area (Å²) in [6.45, 7) is 3.31. The molecule has 142 valence electrons. The van der Waals surface area contributed by atoms with Crippen LogP contribution in [0.2, 0.25) is 0 Å². The predicted molar refractivity (Wildman–Crippen MR) is 88.1 cm³/mol. The van der Waals surface area contributed by atoms with Gasteiger partial charge in [-0.3, -0.25) is 14.1 Å². The highest BCUT2D eigenvalue weighted by Crippen LogP contribution is 2.60. The Morgan fingerprint density at radius 3 is 2.28 bits per heavy atom. The van der Waals surface area contributed by atoms with Crippen molar-refractivity contribution in [3.05, 3.63) is 0 Å². The first-order valence-corrected chi connectivity index (χ1v) is 10.5. The normalized spacial score (nSPS) is 36.5. The van der Waals surface area contributed by atoms with Crippen LogP contribution in [0.4, 0.5) is 0 Å². The molecule has 0 aromatic rings. The summed E-state index contributed by atoms with van der Waals surface area (Å²) in [6, 6.07) is 0. The molecule has 0 aliphatic heterocycles. The highest BCUT2D eigenvalue weighted by atomic mass is 32.2. The first-order valence-electron chi connectivity index (χ1n) is 8.93. The zero-order valence-electron chi connectivity index (χ0n) is 14.6. The van der Waals surface area contributed by atoms with Gasteiger partial charge >= 0.3 is 11.9 Å². The van der Waals surface area contributed by atoms with Gasteiger partial charge in [-0.15, -0.1) is 0 Å². The summed E-state index contributed by atoms with van der Waals surface area (Å²) < 4.78 is 41.2. The van der Waals surface area contributed by atoms with Crippen molar-refractivity contribution in [1.82, 2.24) is 0 Å². The van der Waals surface area contributed by atoms with E-state index in [1.54, 1.807) is 0 Å². The average molecular weight is 374 g/mol. The van der Waals surface area contributed by atoms with E-state index in [2.05, 4.69) is 0 Å². The second kappa shape index (κ2) is 6.54. The Balaban J connectivity index is 1.65. The molecule has 4 rings (SSSR count). The molecular formula is C17H26O7S. The van der Waals surface area contributed by atoms with E-state index < -0.39 is 21.5 Å². The maximum absolute atomic E-state index is 12.4. The fraction of sp³-hybridized carbons (Fsp3) is 0.882. The fourth-order valence-corrected chi connectivity index (χ4v) is 5.43. The summed E-state index contributed by atoms with van der Waals surface area (Å²) in [6.07, 6.45) is 4.08. The second-order valence-corrected chi connectivity index (χ2v) is 9.78. The molecule has 4 aliphatic carbocycles. The molecule has 0 aromatic heterocycles. The Bertz CT molecular complexity index is 638. The van der Waals surface area contributed by atoms with Crippen molar-refractivity contribution in [1.29, 1.82) is 0 Å². The van der Waals surface area contributed by atoms with Crippen LogP contribution in [0, 0.1) is 29.6 Å². The van der Waals surface area contributed by atoms with E-state index in [4.69, 9.17) is 14.0 Å². The number of rotatable bonds is 6. The van der Waals surface area contributed by atoms with Gasteiger partial charge in [0.05, 0.1) is 11.8 Å². The van der Waals surface area contributed by atoms with E-state index >= 15 is 0 Å². The molecule has 0 spiro atoms. The molecule has 0 saturated heterocycles. The molecule has 0 heterocycles. The van der Waals surface area contributed by atoms with Crippen molar-refractivity contribution in [2.24, 2.45) is 29.6 Å². The van der Waals surface area contributed by atoms with Crippen LogP contribution < -0.4 is 0 Å². The van der Waals surface area contributed by atoms with E-state index in [0.717, 1.165) is 19.3 Å². The summed E-state index contributed by atoms with van der Waals surface area (Å²) in [5.74, 6) is -0.887. The summed E-state index contributed by atoms with van der Waals surface area (Å²) in [7, 11) is -4.14. The Morgan fingerprint density at radius 1 is 1.16 bits per heavy atom. The lowest BCUT2D eigenvalue weighted by atomic mass is 9.50. The number of ether oxygens (including phenoxy) is 2. The second-order valence-electron chi connectivity index (χ2n) is 8.21. The van der Waals surface area contributed by atoms with Gasteiger partial charge in [0.2, 0.25) is 0 Å². The summed E-state index contributed by atoms with van der Waals surface area (Å²) >= 11 is 0. The van der Waals surface area contributed by atoms with E-state index in [1.807, 2.05) is 13.8 Å². The Hall–Kier alpha value is -1.15. The average Bonchev–Trinajstić information content (AvgIpc) is 2.43. The first kappa shape index (κ1) is 18.6. The van der Waals surface area contributed by atoms with Crippen molar-refractivity contribution in [3.8, 4) is 0 Å². The van der Waals surface area contributed by atoms with Crippen LogP contribution in [0.5, 0.6) is 0 Å². The molecule has 4 bridgehead atoms. The van der Waals surface area contributed by atoms with Gasteiger partial charge in [0.1, 0.15) is 18.0 Å². The van der Waals surface area contributed by atoms with Gasteiger partial charge in [-0.25, -0.2) is 0 Å². The van der Waals surface area contributed by atoms with Crippen LogP contribution in [-0.2, 0) is 29.2 Å². The van der Waals surface area contributed by atoms with E-state index in [9.17, 15) is 18.0 Å². The number of carbonyl (C=O) groups is 2. The topological polar surface area (TPSA) is 107 Å². The Kier molecular flexibility index (Phi) is 4.87. The summed E-state index contributed by atoms with van der Waals surface area (Å²) in [5.41, 5.74) is -0.441. The van der Waals surface area contributed by atoms with E-state index in [-0.39, 0.29) is 42.2 Å². The van der Waals surface area contributed by atoms with Crippen molar-refractivity contribution >= 4 is 22.1 Å². The molecule has 4 aliphatic rings. The Labute approximate surface area is 148 Å². The van der Waals surface area contributed by atoms with Crippen molar-refractivity contribution in [2.45, 2.75) is 51.6 Å². The number of carbonyl (C=O) groups excluding carboxylic acids is 2. The van der Waals surface area contributed by atoms with Crippen molar-refractivity contribution in [3.63, 3.8) is 0 Å². The number of hydrogen-bond acceptors (Lipinski definition) is 6. The lowest BCUT2D eigenvalue weighted by molar-refractivity contribution is -0.204. The summed E-state index contributed by atoms with van der Waals surface area (Å²) in [4.78, 5) is 24.5. The quantitative estimate of drug-likeness (QED) is 0.558. The lowest BCUT2D eigenvalue weighted by Crippen LogP contribution is -2.58. The minimum atomic E-state index is -4.14. The third-order valence-corrected chi connectivity index (χ3v) is 6.55. The number of hydrogen-bond donors (Lipinski definition) is 1. The van der Waals surface area contributed by atoms with Gasteiger partial charge in [-0.05, 0) is 49.9 Å². The molecule has 4 saturated carbocycles. The molecule has 8 heteroatoms. The van der Waals surface area contributed by atoms with Gasteiger partial charge in [0.25, 0.3) is 10.1 Å². The molecule has 1 N–H and O–H groups in total. The smallest absolute Gasteiger partial charge is 0.309 e. The van der Waals surface area contributed by atoms with E-state index in [0.29, 0.717) is 18.8 Å². The van der Waals surface area contributed by atoms with E-state index in [1.165, 1.54) is 0 Å². The largest absolute Gasteiger partial charge is 0.464 e. The van der Waals surface area contributed by atoms with Gasteiger partial charge in [0.15, 0.2) is 0 Å². The number of esters is 2. The molecule has 25 heavy (non-hydrogen) atoms. The van der Waals surface area contributed by atoms with Crippen LogP contribution in [-0.4, -0.2) is 42.9 Å². The summed E-state index contributed by atoms with van der Waals surface area (Å²) in [5, 5.41) is 0. The molecule has 0 radical (unpaired) electrons. The monoisotopic (exact) mass is 374 g/mol. The van der Waals surface area contributed by atoms with Gasteiger partial charge in [-0.2, -0.15) is 8.42 Å². The highest BCUT2D eigenvalue weighted by Gasteiger charge is 2.59. The predicted octanol–water partition coefficient (Wildman–Crippen LogP) is 1.81. The molecule has 7 nitrogen and oxygen atoms in total. The van der Waals surface area contributed by atoms with Crippen LogP contribution in [0.1, 0.15) is 46.0 Å². The SMILES string of the molecule is CC(C)C(=O)OC12CC3CC(C1)C(C(=O)OCCS(=O)(=O)O)C(C3)C2. The molecule has 0 aromatic carbocycles. The zero-order chi connectivity index (χ0) is 18.4. The van der Waals surface area contributed by atoms with Gasteiger partial charge in [-0.1, -0.05) is 13.8 Å². The zero-order valence-corrected chi connectivity index (χ0v) is 15.5. The van der Waals surface area contributed by atoms with Crippen LogP contribution in [0.15, 0.2) is 0 Å². The van der Waals surface area contributed by atoms with Crippen molar-refractivity contribution < 1.29 is 32.0 Å². The molecule has 4 fully saturated rings. The van der Waals surface area contributed by atoms with Crippen LogP contribution in [0.3, 0.4) is 0 Å². The third kappa shape index (κ3) is 4.00. The van der Waals surface area contributed by atoms with Gasteiger partial charge < -0.3 is 9.47 Å². The minimum absolute atomic E-state index is 0.115. The minimum Gasteiger partial charge on any atom is -0.464 e. The third-order valence-electron chi connectivity index (χ3n) is 5.86. The lowest BCUT2D eigenvalue weighted by Gasteiger charge is -2.58. The first-order chi connectivity index (χ1) is 11.6. The van der Waals surface area contributed by atoms with Crippen molar-refractivity contribution in [2.75, 3.05) is 12.4 Å². The molecule has 0 amide bonds. The highest BCUT2D eigenvalue weighted by molar-refractivity contribution is 7.85. The molecule has 2 unspecified atom stereocenters. The maximum atomic E-state index is 12.4. The van der Waals surface area contributed by atoms with Gasteiger partial charge in [0, 0.05) is 0 Å².